The summed E-state index contributed by atoms with van der Waals surface area (Å²) in [6.07, 6.45) is 0. The Morgan fingerprint density at radius 2 is 1.68 bits per heavy atom. The Bertz CT molecular complexity index is 949. The van der Waals surface area contributed by atoms with Gasteiger partial charge in [0.15, 0.2) is 5.76 Å². The van der Waals surface area contributed by atoms with Gasteiger partial charge in [0.2, 0.25) is 0 Å². The second kappa shape index (κ2) is 9.23. The smallest absolute Gasteiger partial charge is 0.291 e. The van der Waals surface area contributed by atoms with Crippen molar-refractivity contribution >= 4 is 33.4 Å². The van der Waals surface area contributed by atoms with Crippen molar-refractivity contribution in [2.45, 2.75) is 13.5 Å². The number of hydrogen-bond acceptors (Lipinski definition) is 4. The second-order valence-electron chi connectivity index (χ2n) is 5.90. The van der Waals surface area contributed by atoms with E-state index in [9.17, 15) is 9.59 Å². The summed E-state index contributed by atoms with van der Waals surface area (Å²) in [5.41, 5.74) is 1.10. The molecule has 0 atom stereocenters. The Kier molecular flexibility index (Phi) is 6.49. The van der Waals surface area contributed by atoms with Gasteiger partial charge in [0.25, 0.3) is 11.8 Å². The van der Waals surface area contributed by atoms with Crippen LogP contribution in [0.1, 0.15) is 33.6 Å². The quantitative estimate of drug-likeness (QED) is 0.559. The Morgan fingerprint density at radius 1 is 0.964 bits per heavy atom. The van der Waals surface area contributed by atoms with Crippen molar-refractivity contribution in [3.05, 3.63) is 82.2 Å². The molecule has 6 nitrogen and oxygen atoms in total. The molecule has 0 aliphatic heterocycles. The highest BCUT2D eigenvalue weighted by Crippen LogP contribution is 2.19. The molecule has 0 unspecified atom stereocenters. The number of benzene rings is 2. The van der Waals surface area contributed by atoms with Gasteiger partial charge in [-0.15, -0.1) is 0 Å². The predicted octanol–water partition coefficient (Wildman–Crippen LogP) is 4.62. The number of carbonyl (C=O) groups is 2. The summed E-state index contributed by atoms with van der Waals surface area (Å²) in [6.45, 7) is 2.63. The molecule has 28 heavy (non-hydrogen) atoms. The summed E-state index contributed by atoms with van der Waals surface area (Å²) in [6, 6.07) is 17.4. The minimum absolute atomic E-state index is 0.151. The van der Waals surface area contributed by atoms with Gasteiger partial charge in [0.05, 0.1) is 0 Å². The second-order valence-corrected chi connectivity index (χ2v) is 6.82. The maximum absolute atomic E-state index is 12.3. The first kappa shape index (κ1) is 19.7. The normalized spacial score (nSPS) is 10.4. The Morgan fingerprint density at radius 3 is 2.36 bits per heavy atom. The predicted molar refractivity (Wildman–Crippen MR) is 110 cm³/mol. The zero-order valence-corrected chi connectivity index (χ0v) is 16.8. The highest BCUT2D eigenvalue weighted by atomic mass is 79.9. The van der Waals surface area contributed by atoms with Crippen LogP contribution in [0.4, 0.5) is 5.69 Å². The van der Waals surface area contributed by atoms with Crippen molar-refractivity contribution in [1.29, 1.82) is 0 Å². The third-order valence-corrected chi connectivity index (χ3v) is 4.35. The highest BCUT2D eigenvalue weighted by molar-refractivity contribution is 9.10. The molecule has 0 fully saturated rings. The van der Waals surface area contributed by atoms with E-state index in [4.69, 9.17) is 9.15 Å². The molecular formula is C21H19BrN2O4. The summed E-state index contributed by atoms with van der Waals surface area (Å²) in [4.78, 5) is 24.1. The van der Waals surface area contributed by atoms with Crippen LogP contribution in [0.2, 0.25) is 0 Å². The van der Waals surface area contributed by atoms with Crippen LogP contribution in [-0.2, 0) is 6.61 Å². The molecule has 3 aromatic rings. The molecule has 2 N–H and O–H groups in total. The standard InChI is InChI=1S/C21H19BrN2O4/c1-2-23-20(25)14-3-7-16(8-4-14)24-21(26)19-12-11-18(28-19)13-27-17-9-5-15(22)6-10-17/h3-12H,2,13H2,1H3,(H,23,25)(H,24,26). The average Bonchev–Trinajstić information content (AvgIpc) is 3.17. The number of rotatable bonds is 7. The lowest BCUT2D eigenvalue weighted by molar-refractivity contribution is 0.0954. The van der Waals surface area contributed by atoms with Crippen LogP contribution in [0.3, 0.4) is 0 Å². The van der Waals surface area contributed by atoms with E-state index in [0.29, 0.717) is 29.3 Å². The molecule has 0 radical (unpaired) electrons. The molecule has 2 amide bonds. The summed E-state index contributed by atoms with van der Waals surface area (Å²) in [5.74, 6) is 0.905. The highest BCUT2D eigenvalue weighted by Gasteiger charge is 2.12. The lowest BCUT2D eigenvalue weighted by Crippen LogP contribution is -2.22. The molecule has 2 aromatic carbocycles. The van der Waals surface area contributed by atoms with Gasteiger partial charge >= 0.3 is 0 Å². The molecular weight excluding hydrogens is 424 g/mol. The van der Waals surface area contributed by atoms with Crippen LogP contribution in [0, 0.1) is 0 Å². The first-order valence-corrected chi connectivity index (χ1v) is 9.51. The lowest BCUT2D eigenvalue weighted by Gasteiger charge is -2.06. The molecule has 7 heteroatoms. The van der Waals surface area contributed by atoms with Gasteiger partial charge in [-0.2, -0.15) is 0 Å². The van der Waals surface area contributed by atoms with E-state index in [0.717, 1.165) is 4.47 Å². The Balaban J connectivity index is 1.56. The Labute approximate surface area is 171 Å². The van der Waals surface area contributed by atoms with Crippen molar-refractivity contribution in [1.82, 2.24) is 5.32 Å². The van der Waals surface area contributed by atoms with Gasteiger partial charge in [0, 0.05) is 22.3 Å². The van der Waals surface area contributed by atoms with Crippen molar-refractivity contribution in [2.24, 2.45) is 0 Å². The first-order chi connectivity index (χ1) is 13.5. The third-order valence-electron chi connectivity index (χ3n) is 3.82. The number of nitrogens with one attached hydrogen (secondary N) is 2. The maximum atomic E-state index is 12.3. The van der Waals surface area contributed by atoms with Gasteiger partial charge < -0.3 is 19.8 Å². The van der Waals surface area contributed by atoms with E-state index in [2.05, 4.69) is 26.6 Å². The molecule has 0 bridgehead atoms. The largest absolute Gasteiger partial charge is 0.486 e. The van der Waals surface area contributed by atoms with E-state index < -0.39 is 0 Å². The number of halogens is 1. The molecule has 0 spiro atoms. The fraction of sp³-hybridized carbons (Fsp3) is 0.143. The number of furan rings is 1. The molecule has 0 aliphatic rings. The number of hydrogen-bond donors (Lipinski definition) is 2. The summed E-state index contributed by atoms with van der Waals surface area (Å²) in [7, 11) is 0. The van der Waals surface area contributed by atoms with Crippen LogP contribution in [0.25, 0.3) is 0 Å². The number of anilines is 1. The first-order valence-electron chi connectivity index (χ1n) is 8.72. The Hall–Kier alpha value is -3.06. The van der Waals surface area contributed by atoms with Crippen molar-refractivity contribution in [3.63, 3.8) is 0 Å². The van der Waals surface area contributed by atoms with Gasteiger partial charge in [-0.25, -0.2) is 0 Å². The SMILES string of the molecule is CCNC(=O)c1ccc(NC(=O)c2ccc(COc3ccc(Br)cc3)o2)cc1. The summed E-state index contributed by atoms with van der Waals surface area (Å²) in [5, 5.41) is 5.46. The van der Waals surface area contributed by atoms with E-state index in [1.807, 2.05) is 31.2 Å². The third kappa shape index (κ3) is 5.23. The summed E-state index contributed by atoms with van der Waals surface area (Å²) < 4.78 is 12.1. The molecule has 0 saturated carbocycles. The molecule has 144 valence electrons. The van der Waals surface area contributed by atoms with Crippen molar-refractivity contribution in [2.75, 3.05) is 11.9 Å². The monoisotopic (exact) mass is 442 g/mol. The van der Waals surface area contributed by atoms with Gasteiger partial charge in [-0.3, -0.25) is 9.59 Å². The fourth-order valence-electron chi connectivity index (χ4n) is 2.42. The minimum atomic E-state index is -0.374. The molecule has 1 heterocycles. The maximum Gasteiger partial charge on any atom is 0.291 e. The van der Waals surface area contributed by atoms with Crippen LogP contribution in [-0.4, -0.2) is 18.4 Å². The number of amides is 2. The van der Waals surface area contributed by atoms with Crippen LogP contribution < -0.4 is 15.4 Å². The number of ether oxygens (including phenoxy) is 1. The van der Waals surface area contributed by atoms with Crippen molar-refractivity contribution < 1.29 is 18.7 Å². The fourth-order valence-corrected chi connectivity index (χ4v) is 2.69. The molecule has 3 rings (SSSR count). The number of carbonyl (C=O) groups excluding carboxylic acids is 2. The topological polar surface area (TPSA) is 80.6 Å². The molecule has 0 aliphatic carbocycles. The average molecular weight is 443 g/mol. The van der Waals surface area contributed by atoms with Crippen LogP contribution >= 0.6 is 15.9 Å². The van der Waals surface area contributed by atoms with Crippen molar-refractivity contribution in [3.8, 4) is 5.75 Å². The zero-order valence-electron chi connectivity index (χ0n) is 15.2. The van der Waals surface area contributed by atoms with E-state index in [1.165, 1.54) is 0 Å². The van der Waals surface area contributed by atoms with Gasteiger partial charge in [-0.1, -0.05) is 15.9 Å². The molecule has 0 saturated heterocycles. The van der Waals surface area contributed by atoms with E-state index in [1.54, 1.807) is 36.4 Å². The lowest BCUT2D eigenvalue weighted by atomic mass is 10.2. The van der Waals surface area contributed by atoms with Gasteiger partial charge in [-0.05, 0) is 67.6 Å². The van der Waals surface area contributed by atoms with E-state index >= 15 is 0 Å². The minimum Gasteiger partial charge on any atom is -0.486 e. The van der Waals surface area contributed by atoms with Crippen LogP contribution in [0.5, 0.6) is 5.75 Å². The summed E-state index contributed by atoms with van der Waals surface area (Å²) >= 11 is 3.37. The molecule has 1 aromatic heterocycles. The van der Waals surface area contributed by atoms with Crippen LogP contribution in [0.15, 0.2) is 69.6 Å². The zero-order chi connectivity index (χ0) is 19.9. The van der Waals surface area contributed by atoms with Gasteiger partial charge in [0.1, 0.15) is 18.1 Å². The van der Waals surface area contributed by atoms with E-state index in [-0.39, 0.29) is 24.2 Å².